The van der Waals surface area contributed by atoms with Crippen LogP contribution in [-0.2, 0) is 16.6 Å². The first-order valence-corrected chi connectivity index (χ1v) is 12.0. The number of fused-ring (bicyclic) bond motifs is 2. The van der Waals surface area contributed by atoms with Crippen LogP contribution in [0.25, 0.3) is 11.5 Å². The summed E-state index contributed by atoms with van der Waals surface area (Å²) < 4.78 is 12.0. The van der Waals surface area contributed by atoms with Gasteiger partial charge in [0.05, 0.1) is 11.5 Å². The molecule has 0 amide bonds. The molecule has 1 saturated carbocycles. The molecule has 0 bridgehead atoms. The van der Waals surface area contributed by atoms with Crippen molar-refractivity contribution < 1.29 is 14.1 Å². The van der Waals surface area contributed by atoms with E-state index in [9.17, 15) is 4.79 Å². The zero-order valence-electron chi connectivity index (χ0n) is 18.5. The smallest absolute Gasteiger partial charge is 0.219 e. The van der Waals surface area contributed by atoms with Gasteiger partial charge in [0.25, 0.3) is 0 Å². The van der Waals surface area contributed by atoms with Crippen molar-refractivity contribution in [2.24, 2.45) is 0 Å². The summed E-state index contributed by atoms with van der Waals surface area (Å²) in [7, 11) is 2.10. The lowest BCUT2D eigenvalue weighted by molar-refractivity contribution is -0.128. The molecule has 5 rings (SSSR count). The molecule has 3 atom stereocenters. The Kier molecular flexibility index (Phi) is 5.80. The number of likely N-dealkylation sites (tertiary alicyclic amines) is 1. The van der Waals surface area contributed by atoms with Gasteiger partial charge in [-0.3, -0.25) is 9.69 Å². The number of Topliss-reactive ketones (excluding diaryl/α,β-unsaturated/α-hetero) is 1. The normalized spacial score (nSPS) is 26.8. The first-order valence-electron chi connectivity index (χ1n) is 11.6. The van der Waals surface area contributed by atoms with Crippen molar-refractivity contribution in [2.45, 2.75) is 75.3 Å². The van der Waals surface area contributed by atoms with Gasteiger partial charge in [-0.15, -0.1) is 0 Å². The van der Waals surface area contributed by atoms with Crippen LogP contribution >= 0.6 is 11.6 Å². The number of rotatable bonds is 5. The summed E-state index contributed by atoms with van der Waals surface area (Å²) in [6, 6.07) is 1.87. The number of aromatic nitrogens is 3. The van der Waals surface area contributed by atoms with Crippen molar-refractivity contribution in [1.29, 1.82) is 0 Å². The van der Waals surface area contributed by atoms with Gasteiger partial charge in [0, 0.05) is 18.1 Å². The summed E-state index contributed by atoms with van der Waals surface area (Å²) >= 11 is 6.35. The van der Waals surface area contributed by atoms with E-state index in [1.807, 2.05) is 6.08 Å². The summed E-state index contributed by atoms with van der Waals surface area (Å²) in [6.07, 6.45) is 9.76. The minimum absolute atomic E-state index is 0.198. The van der Waals surface area contributed by atoms with Crippen LogP contribution in [0.3, 0.4) is 0 Å². The van der Waals surface area contributed by atoms with E-state index in [2.05, 4.69) is 33.7 Å². The molecule has 1 aliphatic heterocycles. The third kappa shape index (κ3) is 3.65. The second-order valence-electron chi connectivity index (χ2n) is 9.27. The Bertz CT molecular complexity index is 1040. The Hall–Kier alpha value is -2.25. The maximum Gasteiger partial charge on any atom is 0.219 e. The fourth-order valence-corrected chi connectivity index (χ4v) is 5.88. The second-order valence-corrected chi connectivity index (χ2v) is 9.65. The number of hydrogen-bond acceptors (Lipinski definition) is 7. The molecule has 3 aliphatic rings. The minimum atomic E-state index is -0.532. The quantitative estimate of drug-likeness (QED) is 0.482. The predicted molar refractivity (Wildman–Crippen MR) is 121 cm³/mol. The first kappa shape index (κ1) is 21.6. The van der Waals surface area contributed by atoms with E-state index < -0.39 is 5.41 Å². The first-order chi connectivity index (χ1) is 15.5. The van der Waals surface area contributed by atoms with Gasteiger partial charge in [0.2, 0.25) is 5.88 Å². The summed E-state index contributed by atoms with van der Waals surface area (Å²) in [5.74, 6) is 1.76. The molecule has 32 heavy (non-hydrogen) atoms. The average molecular weight is 457 g/mol. The zero-order valence-corrected chi connectivity index (χ0v) is 19.2. The Morgan fingerprint density at radius 2 is 2.12 bits per heavy atom. The lowest BCUT2D eigenvalue weighted by Crippen LogP contribution is -2.41. The molecule has 2 fully saturated rings. The summed E-state index contributed by atoms with van der Waals surface area (Å²) in [5.41, 5.74) is 0.976. The van der Waals surface area contributed by atoms with Gasteiger partial charge in [-0.05, 0) is 64.6 Å². The van der Waals surface area contributed by atoms with Crippen molar-refractivity contribution in [2.75, 3.05) is 13.6 Å². The number of ether oxygens (including phenoxy) is 1. The number of ketones is 1. The average Bonchev–Trinajstić information content (AvgIpc) is 3.41. The molecule has 8 heteroatoms. The summed E-state index contributed by atoms with van der Waals surface area (Å²) in [6.45, 7) is 5.00. The van der Waals surface area contributed by atoms with Crippen LogP contribution in [-0.4, -0.2) is 51.5 Å². The largest absolute Gasteiger partial charge is 0.468 e. The lowest BCUT2D eigenvalue weighted by Gasteiger charge is -2.36. The number of carbonyl (C=O) groups is 1. The summed E-state index contributed by atoms with van der Waals surface area (Å²) in [5, 5.41) is 4.61. The molecule has 3 heterocycles. The van der Waals surface area contributed by atoms with E-state index >= 15 is 0 Å². The monoisotopic (exact) mass is 456 g/mol. The van der Waals surface area contributed by atoms with Crippen LogP contribution in [0.5, 0.6) is 5.88 Å². The Balaban J connectivity index is 1.48. The number of likely N-dealkylation sites (N-methyl/N-ethyl adjacent to an activating group) is 1. The molecule has 1 spiro atoms. The molecular formula is C24H29ClN4O3. The van der Waals surface area contributed by atoms with E-state index in [1.54, 1.807) is 6.07 Å². The van der Waals surface area contributed by atoms with Gasteiger partial charge in [0.15, 0.2) is 17.3 Å². The van der Waals surface area contributed by atoms with Gasteiger partial charge in [-0.2, -0.15) is 4.98 Å². The molecule has 1 saturated heterocycles. The standard InChI is InChI=1S/C24H29ClN4O3/c1-3-17(16-9-7-13-29(16)2)31-20-14-19(25)26-23(27-20)21-15-8-6-12-24(22(15)32-28-21)11-5-4-10-18(24)30/h3,14,16-17H,1,4-13H2,2H3/t16-,17-,24+/m0/s1. The van der Waals surface area contributed by atoms with Crippen LogP contribution in [0.15, 0.2) is 23.2 Å². The van der Waals surface area contributed by atoms with E-state index in [-0.39, 0.29) is 23.1 Å². The predicted octanol–water partition coefficient (Wildman–Crippen LogP) is 4.53. The Labute approximate surface area is 193 Å². The summed E-state index contributed by atoms with van der Waals surface area (Å²) in [4.78, 5) is 24.2. The van der Waals surface area contributed by atoms with Crippen molar-refractivity contribution >= 4 is 17.4 Å². The molecule has 170 valence electrons. The third-order valence-electron chi connectivity index (χ3n) is 7.37. The molecule has 0 radical (unpaired) electrons. The van der Waals surface area contributed by atoms with Crippen molar-refractivity contribution in [3.63, 3.8) is 0 Å². The highest BCUT2D eigenvalue weighted by Crippen LogP contribution is 2.47. The second kappa shape index (κ2) is 8.60. The molecule has 2 aliphatic carbocycles. The number of carbonyl (C=O) groups excluding carboxylic acids is 1. The van der Waals surface area contributed by atoms with Gasteiger partial charge in [0.1, 0.15) is 17.0 Å². The van der Waals surface area contributed by atoms with Crippen molar-refractivity contribution in [3.05, 3.63) is 35.2 Å². The molecule has 7 nitrogen and oxygen atoms in total. The maximum atomic E-state index is 12.9. The van der Waals surface area contributed by atoms with Crippen LogP contribution < -0.4 is 4.74 Å². The highest BCUT2D eigenvalue weighted by Gasteiger charge is 2.48. The van der Waals surface area contributed by atoms with Gasteiger partial charge >= 0.3 is 0 Å². The van der Waals surface area contributed by atoms with E-state index in [0.29, 0.717) is 29.6 Å². The van der Waals surface area contributed by atoms with Crippen LogP contribution in [0.2, 0.25) is 5.15 Å². The van der Waals surface area contributed by atoms with Crippen LogP contribution in [0.1, 0.15) is 62.7 Å². The van der Waals surface area contributed by atoms with E-state index in [1.165, 1.54) is 0 Å². The molecule has 2 aromatic rings. The molecule has 0 aromatic carbocycles. The van der Waals surface area contributed by atoms with E-state index in [4.69, 9.17) is 20.9 Å². The molecular weight excluding hydrogens is 428 g/mol. The SMILES string of the molecule is C=C[C@H](Oc1cc(Cl)nc(-c2noc3c2CCC[C@@]32CCCCC2=O)n1)[C@@H]1CCCN1C. The Morgan fingerprint density at radius 3 is 2.88 bits per heavy atom. The minimum Gasteiger partial charge on any atom is -0.468 e. The van der Waals surface area contributed by atoms with Gasteiger partial charge in [-0.25, -0.2) is 4.98 Å². The fourth-order valence-electron chi connectivity index (χ4n) is 5.71. The number of hydrogen-bond donors (Lipinski definition) is 0. The number of halogens is 1. The third-order valence-corrected chi connectivity index (χ3v) is 7.57. The highest BCUT2D eigenvalue weighted by molar-refractivity contribution is 6.29. The maximum absolute atomic E-state index is 12.9. The van der Waals surface area contributed by atoms with Crippen molar-refractivity contribution in [1.82, 2.24) is 20.0 Å². The van der Waals surface area contributed by atoms with Gasteiger partial charge < -0.3 is 9.26 Å². The van der Waals surface area contributed by atoms with Crippen molar-refractivity contribution in [3.8, 4) is 17.4 Å². The fraction of sp³-hybridized carbons (Fsp3) is 0.583. The lowest BCUT2D eigenvalue weighted by atomic mass is 9.64. The molecule has 0 unspecified atom stereocenters. The topological polar surface area (TPSA) is 81.3 Å². The molecule has 0 N–H and O–H groups in total. The van der Waals surface area contributed by atoms with Gasteiger partial charge in [-0.1, -0.05) is 29.8 Å². The van der Waals surface area contributed by atoms with Crippen LogP contribution in [0, 0.1) is 0 Å². The molecule has 2 aromatic heterocycles. The van der Waals surface area contributed by atoms with Crippen LogP contribution in [0.4, 0.5) is 0 Å². The number of nitrogens with zero attached hydrogens (tertiary/aromatic N) is 4. The zero-order chi connectivity index (χ0) is 22.3. The Morgan fingerprint density at radius 1 is 1.28 bits per heavy atom. The van der Waals surface area contributed by atoms with E-state index in [0.717, 1.165) is 63.5 Å². The highest BCUT2D eigenvalue weighted by atomic mass is 35.5.